The molecule has 2 aromatic heterocycles. The maximum Gasteiger partial charge on any atom is 0.336 e. The van der Waals surface area contributed by atoms with E-state index >= 15 is 8.78 Å². The number of ether oxygens (including phenoxy) is 2. The highest BCUT2D eigenvalue weighted by atomic mass is 19.1. The maximum atomic E-state index is 15.4. The van der Waals surface area contributed by atoms with Crippen molar-refractivity contribution >= 4 is 17.0 Å². The quantitative estimate of drug-likeness (QED) is 0.160. The van der Waals surface area contributed by atoms with Crippen LogP contribution in [0.5, 0.6) is 5.88 Å². The minimum absolute atomic E-state index is 0.0472. The van der Waals surface area contributed by atoms with Gasteiger partial charge in [0.2, 0.25) is 5.88 Å². The molecule has 45 heavy (non-hydrogen) atoms. The van der Waals surface area contributed by atoms with Crippen molar-refractivity contribution in [3.05, 3.63) is 112 Å². The van der Waals surface area contributed by atoms with Crippen molar-refractivity contribution in [1.82, 2.24) is 14.5 Å². The molecule has 7 nitrogen and oxygen atoms in total. The summed E-state index contributed by atoms with van der Waals surface area (Å²) in [5, 5.41) is 9.52. The Kier molecular flexibility index (Phi) is 10.6. The molecule has 236 valence electrons. The molecular weight excluding hydrogens is 590 g/mol. The predicted molar refractivity (Wildman–Crippen MR) is 162 cm³/mol. The van der Waals surface area contributed by atoms with E-state index < -0.39 is 29.2 Å². The highest BCUT2D eigenvalue weighted by Crippen LogP contribution is 2.30. The summed E-state index contributed by atoms with van der Waals surface area (Å²) < 4.78 is 72.2. The topological polar surface area (TPSA) is 86.5 Å². The van der Waals surface area contributed by atoms with Crippen molar-refractivity contribution in [2.45, 2.75) is 47.3 Å². The largest absolute Gasteiger partial charge is 0.478 e. The Bertz CT molecular complexity index is 1860. The minimum Gasteiger partial charge on any atom is -0.478 e. The molecule has 0 unspecified atom stereocenters. The number of hydrogen-bond acceptors (Lipinski definition) is 5. The van der Waals surface area contributed by atoms with Gasteiger partial charge in [0.25, 0.3) is 0 Å². The maximum absolute atomic E-state index is 15.4. The summed E-state index contributed by atoms with van der Waals surface area (Å²) in [6.07, 6.45) is -0.207. The van der Waals surface area contributed by atoms with E-state index in [1.54, 1.807) is 29.7 Å². The Morgan fingerprint density at radius 1 is 0.889 bits per heavy atom. The molecule has 0 saturated heterocycles. The van der Waals surface area contributed by atoms with E-state index in [0.717, 1.165) is 23.8 Å². The molecule has 0 fully saturated rings. The van der Waals surface area contributed by atoms with Gasteiger partial charge < -0.3 is 19.1 Å². The second-order valence-electron chi connectivity index (χ2n) is 10.1. The van der Waals surface area contributed by atoms with Crippen LogP contribution in [0.1, 0.15) is 52.3 Å². The number of rotatable bonds is 10. The highest BCUT2D eigenvalue weighted by molar-refractivity contribution is 5.96. The number of carboxylic acids is 1. The zero-order chi connectivity index (χ0) is 32.8. The lowest BCUT2D eigenvalue weighted by Crippen LogP contribution is -2.11. The predicted octanol–water partition coefficient (Wildman–Crippen LogP) is 7.81. The van der Waals surface area contributed by atoms with Crippen LogP contribution in [0.3, 0.4) is 0 Å². The van der Waals surface area contributed by atoms with Gasteiger partial charge >= 0.3 is 5.97 Å². The average molecular weight is 624 g/mol. The lowest BCUT2D eigenvalue weighted by atomic mass is 10.0. The van der Waals surface area contributed by atoms with Crippen LogP contribution in [0.2, 0.25) is 0 Å². The van der Waals surface area contributed by atoms with Crippen LogP contribution in [-0.4, -0.2) is 39.3 Å². The van der Waals surface area contributed by atoms with E-state index in [1.165, 1.54) is 32.2 Å². The van der Waals surface area contributed by atoms with Gasteiger partial charge in [0.1, 0.15) is 35.4 Å². The number of carboxylic acid groups (broad SMARTS) is 1. The summed E-state index contributed by atoms with van der Waals surface area (Å²) in [6.45, 7) is 7.57. The van der Waals surface area contributed by atoms with Crippen LogP contribution >= 0.6 is 0 Å². The molecule has 0 aliphatic heterocycles. The van der Waals surface area contributed by atoms with Crippen molar-refractivity contribution in [3.8, 4) is 17.1 Å². The van der Waals surface area contributed by atoms with Gasteiger partial charge in [-0.1, -0.05) is 32.0 Å². The highest BCUT2D eigenvalue weighted by Gasteiger charge is 2.23. The summed E-state index contributed by atoms with van der Waals surface area (Å²) in [6, 6.07) is 12.3. The summed E-state index contributed by atoms with van der Waals surface area (Å²) in [4.78, 5) is 20.3. The number of methoxy groups -OCH3 is 1. The van der Waals surface area contributed by atoms with Gasteiger partial charge in [-0.05, 0) is 60.9 Å². The minimum atomic E-state index is -1.30. The fourth-order valence-electron chi connectivity index (χ4n) is 4.91. The Morgan fingerprint density at radius 2 is 1.62 bits per heavy atom. The lowest BCUT2D eigenvalue weighted by molar-refractivity contribution is 0.0695. The second-order valence-corrected chi connectivity index (χ2v) is 10.1. The van der Waals surface area contributed by atoms with Crippen LogP contribution in [0, 0.1) is 37.1 Å². The van der Waals surface area contributed by atoms with Crippen LogP contribution in [0.4, 0.5) is 17.6 Å². The fraction of sp³-hybridized carbons (Fsp3) is 0.265. The van der Waals surface area contributed by atoms with Gasteiger partial charge in [-0.15, -0.1) is 0 Å². The number of carbonyl (C=O) groups is 1. The number of imidazole rings is 1. The molecule has 0 bridgehead atoms. The zero-order valence-electron chi connectivity index (χ0n) is 25.6. The number of benzene rings is 3. The third-order valence-corrected chi connectivity index (χ3v) is 7.12. The van der Waals surface area contributed by atoms with E-state index in [4.69, 9.17) is 9.47 Å². The van der Waals surface area contributed by atoms with E-state index in [1.807, 2.05) is 13.8 Å². The first-order chi connectivity index (χ1) is 21.6. The molecule has 0 aliphatic rings. The van der Waals surface area contributed by atoms with Crippen LogP contribution in [-0.2, 0) is 24.3 Å². The number of aromatic carboxylic acids is 1. The molecule has 0 atom stereocenters. The second kappa shape index (κ2) is 14.3. The van der Waals surface area contributed by atoms with E-state index in [0.29, 0.717) is 11.1 Å². The van der Waals surface area contributed by atoms with Crippen LogP contribution in [0.25, 0.3) is 22.3 Å². The summed E-state index contributed by atoms with van der Waals surface area (Å²) in [5.74, 6) is -3.76. The van der Waals surface area contributed by atoms with Gasteiger partial charge in [0.05, 0.1) is 23.4 Å². The van der Waals surface area contributed by atoms with Crippen LogP contribution in [0.15, 0.2) is 54.6 Å². The number of aromatic nitrogens is 3. The van der Waals surface area contributed by atoms with Gasteiger partial charge in [-0.25, -0.2) is 32.3 Å². The lowest BCUT2D eigenvalue weighted by Gasteiger charge is -2.13. The van der Waals surface area contributed by atoms with E-state index in [-0.39, 0.29) is 71.3 Å². The average Bonchev–Trinajstić information content (AvgIpc) is 3.38. The van der Waals surface area contributed by atoms with Gasteiger partial charge in [-0.3, -0.25) is 0 Å². The molecule has 0 aliphatic carbocycles. The zero-order valence-corrected chi connectivity index (χ0v) is 25.6. The Balaban J connectivity index is 0.00000226. The van der Waals surface area contributed by atoms with E-state index in [2.05, 4.69) is 9.97 Å². The molecule has 5 rings (SSSR count). The molecule has 0 saturated carbocycles. The number of aryl methyl sites for hydroxylation is 2. The Hall–Kier alpha value is -4.77. The first-order valence-electron chi connectivity index (χ1n) is 14.3. The van der Waals surface area contributed by atoms with Gasteiger partial charge in [0, 0.05) is 37.3 Å². The number of nitrogens with zero attached hydrogens (tertiary/aromatic N) is 3. The fourth-order valence-corrected chi connectivity index (χ4v) is 4.91. The first kappa shape index (κ1) is 33.1. The van der Waals surface area contributed by atoms with Crippen molar-refractivity contribution in [2.24, 2.45) is 0 Å². The number of hydrogen-bond donors (Lipinski definition) is 1. The standard InChI is InChI=1S/C32H27F4N3O4.C2H6/c1-17-7-8-19(23(33)11-17)16-43-29-6-4-5-27(37-29)22-15-24(34)20(12-25(22)35)13-28-38-30-26(36)14-21(32(40)41)18(2)31(30)39(28)9-10-42-3;1-2/h4-8,11-12,14-15H,9-10,13,16H2,1-3H3,(H,40,41);1-2H3. The number of fused-ring (bicyclic) bond motifs is 1. The molecule has 0 amide bonds. The SMILES string of the molecule is CC.COCCn1c(Cc2cc(F)c(-c3cccc(OCc4ccc(C)cc4F)n3)cc2F)nc2c(F)cc(C(=O)O)c(C)c21. The summed E-state index contributed by atoms with van der Waals surface area (Å²) in [7, 11) is 1.47. The normalized spacial score (nSPS) is 11.0. The monoisotopic (exact) mass is 623 g/mol. The number of halogens is 4. The van der Waals surface area contributed by atoms with Crippen molar-refractivity contribution < 1.29 is 36.9 Å². The molecule has 1 N–H and O–H groups in total. The smallest absolute Gasteiger partial charge is 0.336 e. The Morgan fingerprint density at radius 3 is 2.31 bits per heavy atom. The third kappa shape index (κ3) is 7.15. The summed E-state index contributed by atoms with van der Waals surface area (Å²) in [5.41, 5.74) is 1.28. The molecule has 3 aromatic carbocycles. The molecule has 2 heterocycles. The van der Waals surface area contributed by atoms with Crippen molar-refractivity contribution in [3.63, 3.8) is 0 Å². The van der Waals surface area contributed by atoms with Crippen molar-refractivity contribution in [1.29, 1.82) is 0 Å². The molecule has 5 aromatic rings. The van der Waals surface area contributed by atoms with E-state index in [9.17, 15) is 18.7 Å². The van der Waals surface area contributed by atoms with Gasteiger partial charge in [-0.2, -0.15) is 0 Å². The molecule has 0 spiro atoms. The van der Waals surface area contributed by atoms with Crippen molar-refractivity contribution in [2.75, 3.05) is 13.7 Å². The third-order valence-electron chi connectivity index (χ3n) is 7.12. The Labute approximate surface area is 258 Å². The van der Waals surface area contributed by atoms with Crippen LogP contribution < -0.4 is 4.74 Å². The first-order valence-corrected chi connectivity index (χ1v) is 14.3. The molecule has 11 heteroatoms. The number of pyridine rings is 1. The molecular formula is C34H33F4N3O4. The van der Waals surface area contributed by atoms with Gasteiger partial charge in [0.15, 0.2) is 5.82 Å². The summed E-state index contributed by atoms with van der Waals surface area (Å²) >= 11 is 0. The molecule has 0 radical (unpaired) electrons.